The molecule has 2 aromatic carbocycles. The predicted octanol–water partition coefficient (Wildman–Crippen LogP) is 4.20. The number of aromatic nitrogens is 3. The Morgan fingerprint density at radius 2 is 1.78 bits per heavy atom. The van der Waals surface area contributed by atoms with Crippen molar-refractivity contribution >= 4 is 27.6 Å². The highest BCUT2D eigenvalue weighted by Gasteiger charge is 2.22. The summed E-state index contributed by atoms with van der Waals surface area (Å²) in [5, 5.41) is 0.783. The third-order valence-electron chi connectivity index (χ3n) is 5.76. The number of hydrogen-bond acceptors (Lipinski definition) is 4. The molecule has 0 saturated carbocycles. The molecule has 1 amide bonds. The van der Waals surface area contributed by atoms with Gasteiger partial charge in [-0.1, -0.05) is 24.3 Å². The number of rotatable bonds is 4. The maximum absolute atomic E-state index is 14.1. The lowest BCUT2D eigenvalue weighted by Gasteiger charge is -2.15. The smallest absolute Gasteiger partial charge is 0.253 e. The number of carbonyl (C=O) groups is 1. The summed E-state index contributed by atoms with van der Waals surface area (Å²) in [6, 6.07) is 11.9. The molecule has 0 radical (unpaired) electrons. The zero-order valence-electron chi connectivity index (χ0n) is 17.5. The van der Waals surface area contributed by atoms with E-state index in [1.807, 2.05) is 11.0 Å². The Morgan fingerprint density at radius 1 is 1.06 bits per heavy atom. The van der Waals surface area contributed by atoms with Crippen LogP contribution in [0, 0.1) is 5.82 Å². The molecule has 1 aliphatic heterocycles. The maximum atomic E-state index is 14.1. The van der Waals surface area contributed by atoms with Gasteiger partial charge in [0.05, 0.1) is 21.2 Å². The molecule has 0 aliphatic carbocycles. The van der Waals surface area contributed by atoms with Crippen LogP contribution in [0.2, 0.25) is 0 Å². The van der Waals surface area contributed by atoms with Gasteiger partial charge in [0, 0.05) is 60.0 Å². The van der Waals surface area contributed by atoms with Gasteiger partial charge in [-0.15, -0.1) is 0 Å². The van der Waals surface area contributed by atoms with Gasteiger partial charge >= 0.3 is 0 Å². The van der Waals surface area contributed by atoms with Crippen molar-refractivity contribution < 1.29 is 13.4 Å². The average molecular weight is 449 g/mol. The zero-order valence-corrected chi connectivity index (χ0v) is 18.3. The van der Waals surface area contributed by atoms with Crippen LogP contribution >= 0.6 is 0 Å². The monoisotopic (exact) mass is 448 g/mol. The summed E-state index contributed by atoms with van der Waals surface area (Å²) in [5.41, 5.74) is 2.27. The minimum Gasteiger partial charge on any atom is -0.339 e. The van der Waals surface area contributed by atoms with Gasteiger partial charge in [0.2, 0.25) is 5.95 Å². The van der Waals surface area contributed by atoms with Crippen LogP contribution in [-0.4, -0.2) is 48.9 Å². The Labute approximate surface area is 187 Å². The Balaban J connectivity index is 1.59. The number of fused-ring (bicyclic) bond motifs is 1. The highest BCUT2D eigenvalue weighted by Crippen LogP contribution is 2.28. The lowest BCUT2D eigenvalue weighted by atomic mass is 10.1. The fraction of sp³-hybridized carbons (Fsp3) is 0.208. The lowest BCUT2D eigenvalue weighted by Crippen LogP contribution is -2.27. The van der Waals surface area contributed by atoms with Gasteiger partial charge in [-0.2, -0.15) is 0 Å². The van der Waals surface area contributed by atoms with E-state index in [1.165, 1.54) is 6.07 Å². The van der Waals surface area contributed by atoms with Crippen molar-refractivity contribution in [3.8, 4) is 17.1 Å². The summed E-state index contributed by atoms with van der Waals surface area (Å²) >= 11 is 0. The first-order valence-electron chi connectivity index (χ1n) is 10.4. The third kappa shape index (κ3) is 3.60. The first kappa shape index (κ1) is 20.5. The van der Waals surface area contributed by atoms with E-state index in [9.17, 15) is 13.4 Å². The molecule has 2 aromatic heterocycles. The Morgan fingerprint density at radius 3 is 2.47 bits per heavy atom. The van der Waals surface area contributed by atoms with Gasteiger partial charge in [0.15, 0.2) is 0 Å². The molecule has 1 atom stereocenters. The van der Waals surface area contributed by atoms with E-state index < -0.39 is 10.8 Å². The molecule has 8 heteroatoms. The molecule has 1 aliphatic rings. The zero-order chi connectivity index (χ0) is 22.2. The van der Waals surface area contributed by atoms with Crippen molar-refractivity contribution in [2.75, 3.05) is 19.3 Å². The second kappa shape index (κ2) is 8.27. The van der Waals surface area contributed by atoms with Crippen LogP contribution < -0.4 is 0 Å². The fourth-order valence-electron chi connectivity index (χ4n) is 4.11. The van der Waals surface area contributed by atoms with Crippen LogP contribution in [0.5, 0.6) is 0 Å². The van der Waals surface area contributed by atoms with Crippen LogP contribution in [0.4, 0.5) is 4.39 Å². The second-order valence-electron chi connectivity index (χ2n) is 7.80. The Bertz CT molecular complexity index is 1340. The summed E-state index contributed by atoms with van der Waals surface area (Å²) in [6.45, 7) is 1.53. The summed E-state index contributed by atoms with van der Waals surface area (Å²) < 4.78 is 28.2. The van der Waals surface area contributed by atoms with Crippen LogP contribution in [-0.2, 0) is 10.8 Å². The molecule has 0 N–H and O–H groups in total. The Kier molecular flexibility index (Phi) is 5.30. The second-order valence-corrected chi connectivity index (χ2v) is 9.15. The van der Waals surface area contributed by atoms with Gasteiger partial charge in [0.1, 0.15) is 5.82 Å². The largest absolute Gasteiger partial charge is 0.339 e. The average Bonchev–Trinajstić information content (AvgIpc) is 3.47. The minimum atomic E-state index is -1.23. The first-order chi connectivity index (χ1) is 15.5. The first-order valence-corrected chi connectivity index (χ1v) is 11.9. The molecule has 5 rings (SSSR count). The minimum absolute atomic E-state index is 0.00728. The number of halogens is 1. The van der Waals surface area contributed by atoms with Crippen molar-refractivity contribution in [2.45, 2.75) is 17.7 Å². The van der Waals surface area contributed by atoms with E-state index in [4.69, 9.17) is 0 Å². The number of benzene rings is 2. The highest BCUT2D eigenvalue weighted by molar-refractivity contribution is 7.84. The molecule has 1 unspecified atom stereocenters. The van der Waals surface area contributed by atoms with E-state index in [0.717, 1.165) is 31.3 Å². The number of hydrogen-bond donors (Lipinski definition) is 0. The molecule has 3 heterocycles. The summed E-state index contributed by atoms with van der Waals surface area (Å²) in [7, 11) is -1.23. The van der Waals surface area contributed by atoms with Crippen molar-refractivity contribution in [2.24, 2.45) is 0 Å². The highest BCUT2D eigenvalue weighted by atomic mass is 32.2. The maximum Gasteiger partial charge on any atom is 0.253 e. The van der Waals surface area contributed by atoms with Gasteiger partial charge in [-0.05, 0) is 31.0 Å². The standard InChI is InChI=1S/C24H21FN4O2S/c1-32(31)22-15-29(24-26-13-17(14-27-24)18-6-2-3-7-20(18)25)21-12-16(8-9-19(21)22)23(30)28-10-4-5-11-28/h2-3,6-9,12-15H,4-5,10-11H2,1H3. The van der Waals surface area contributed by atoms with E-state index in [1.54, 1.807) is 59.7 Å². The molecule has 0 spiro atoms. The third-order valence-corrected chi connectivity index (χ3v) is 6.70. The molecule has 32 heavy (non-hydrogen) atoms. The van der Waals surface area contributed by atoms with E-state index >= 15 is 0 Å². The molecular weight excluding hydrogens is 427 g/mol. The fourth-order valence-corrected chi connectivity index (χ4v) is 4.84. The SMILES string of the molecule is CS(=O)c1cn(-c2ncc(-c3ccccc3F)cn2)c2cc(C(=O)N3CCCC3)ccc12. The van der Waals surface area contributed by atoms with E-state index in [2.05, 4.69) is 9.97 Å². The van der Waals surface area contributed by atoms with Gasteiger partial charge < -0.3 is 4.90 Å². The summed E-state index contributed by atoms with van der Waals surface area (Å²) in [5.74, 6) is 0.00805. The quantitative estimate of drug-likeness (QED) is 0.469. The number of likely N-dealkylation sites (tertiary alicyclic amines) is 1. The van der Waals surface area contributed by atoms with Crippen molar-refractivity contribution in [1.82, 2.24) is 19.4 Å². The van der Waals surface area contributed by atoms with Crippen LogP contribution in [0.15, 0.2) is 66.0 Å². The van der Waals surface area contributed by atoms with Crippen LogP contribution in [0.25, 0.3) is 28.0 Å². The topological polar surface area (TPSA) is 68.1 Å². The predicted molar refractivity (Wildman–Crippen MR) is 122 cm³/mol. The van der Waals surface area contributed by atoms with E-state index in [-0.39, 0.29) is 11.7 Å². The number of amides is 1. The normalized spacial score (nSPS) is 14.8. The Hall–Kier alpha value is -3.39. The molecule has 6 nitrogen and oxygen atoms in total. The molecular formula is C24H21FN4O2S. The van der Waals surface area contributed by atoms with Crippen molar-refractivity contribution in [3.63, 3.8) is 0 Å². The van der Waals surface area contributed by atoms with Crippen molar-refractivity contribution in [1.29, 1.82) is 0 Å². The number of nitrogens with zero attached hydrogens (tertiary/aromatic N) is 4. The van der Waals surface area contributed by atoms with Crippen LogP contribution in [0.1, 0.15) is 23.2 Å². The molecule has 1 saturated heterocycles. The molecule has 0 bridgehead atoms. The van der Waals surface area contributed by atoms with Crippen molar-refractivity contribution in [3.05, 3.63) is 72.4 Å². The van der Waals surface area contributed by atoms with Gasteiger partial charge in [-0.25, -0.2) is 14.4 Å². The van der Waals surface area contributed by atoms with E-state index in [0.29, 0.717) is 33.1 Å². The molecule has 1 fully saturated rings. The van der Waals surface area contributed by atoms with Gasteiger partial charge in [0.25, 0.3) is 5.91 Å². The lowest BCUT2D eigenvalue weighted by molar-refractivity contribution is 0.0793. The molecule has 4 aromatic rings. The number of carbonyl (C=O) groups excluding carboxylic acids is 1. The summed E-state index contributed by atoms with van der Waals surface area (Å²) in [6.07, 6.45) is 8.52. The molecule has 162 valence electrons. The summed E-state index contributed by atoms with van der Waals surface area (Å²) in [4.78, 5) is 24.3. The van der Waals surface area contributed by atoms with Crippen LogP contribution in [0.3, 0.4) is 0 Å². The van der Waals surface area contributed by atoms with Gasteiger partial charge in [-0.3, -0.25) is 13.6 Å².